The van der Waals surface area contributed by atoms with E-state index in [1.807, 2.05) is 18.2 Å². The normalized spacial score (nSPS) is 23.9. The molecule has 0 saturated heterocycles. The Morgan fingerprint density at radius 1 is 1.50 bits per heavy atom. The molecule has 0 bridgehead atoms. The van der Waals surface area contributed by atoms with Crippen molar-refractivity contribution in [3.8, 4) is 0 Å². The number of halogens is 1. The monoisotopic (exact) mass is 284 g/mol. The van der Waals surface area contributed by atoms with Crippen LogP contribution in [0.1, 0.15) is 24.0 Å². The zero-order valence-corrected chi connectivity index (χ0v) is 10.3. The molecule has 1 aromatic carbocycles. The van der Waals surface area contributed by atoms with Crippen LogP contribution in [0.25, 0.3) is 0 Å². The van der Waals surface area contributed by atoms with Gasteiger partial charge in [-0.3, -0.25) is 4.79 Å². The molecular formula is C12H13BrO3. The highest BCUT2D eigenvalue weighted by molar-refractivity contribution is 9.10. The number of hydrogen-bond donors (Lipinski definition) is 2. The number of aliphatic carboxylic acids is 1. The van der Waals surface area contributed by atoms with Gasteiger partial charge >= 0.3 is 5.97 Å². The van der Waals surface area contributed by atoms with E-state index in [0.717, 1.165) is 16.5 Å². The highest BCUT2D eigenvalue weighted by Gasteiger charge is 2.34. The number of aryl methyl sites for hydroxylation is 1. The van der Waals surface area contributed by atoms with Crippen LogP contribution in [0.5, 0.6) is 0 Å². The van der Waals surface area contributed by atoms with Crippen LogP contribution in [0.3, 0.4) is 0 Å². The highest BCUT2D eigenvalue weighted by Crippen LogP contribution is 2.34. The molecule has 0 heterocycles. The summed E-state index contributed by atoms with van der Waals surface area (Å²) in [4.78, 5) is 10.7. The van der Waals surface area contributed by atoms with Crippen LogP contribution in [0, 0.1) is 0 Å². The first kappa shape index (κ1) is 11.6. The Labute approximate surface area is 102 Å². The smallest absolute Gasteiger partial charge is 0.306 e. The maximum atomic E-state index is 10.7. The van der Waals surface area contributed by atoms with Gasteiger partial charge in [0.15, 0.2) is 0 Å². The fourth-order valence-electron chi connectivity index (χ4n) is 2.25. The van der Waals surface area contributed by atoms with Gasteiger partial charge < -0.3 is 10.2 Å². The second-order valence-electron chi connectivity index (χ2n) is 4.35. The van der Waals surface area contributed by atoms with Crippen LogP contribution in [0.4, 0.5) is 0 Å². The molecule has 1 unspecified atom stereocenters. The Balaban J connectivity index is 2.29. The third kappa shape index (κ3) is 2.28. The topological polar surface area (TPSA) is 57.5 Å². The van der Waals surface area contributed by atoms with Gasteiger partial charge in [0, 0.05) is 10.9 Å². The lowest BCUT2D eigenvalue weighted by molar-refractivity contribution is -0.143. The molecular weight excluding hydrogens is 272 g/mol. The van der Waals surface area contributed by atoms with Crippen molar-refractivity contribution in [1.82, 2.24) is 0 Å². The fourth-order valence-corrected chi connectivity index (χ4v) is 2.80. The molecule has 86 valence electrons. The number of aliphatic hydroxyl groups is 1. The van der Waals surface area contributed by atoms with Crippen molar-refractivity contribution < 1.29 is 15.0 Å². The molecule has 1 aromatic rings. The van der Waals surface area contributed by atoms with E-state index >= 15 is 0 Å². The maximum Gasteiger partial charge on any atom is 0.306 e. The van der Waals surface area contributed by atoms with Gasteiger partial charge in [0.05, 0.1) is 12.0 Å². The summed E-state index contributed by atoms with van der Waals surface area (Å²) in [6, 6.07) is 5.91. The number of carboxylic acids is 1. The molecule has 0 saturated carbocycles. The van der Waals surface area contributed by atoms with Crippen molar-refractivity contribution in [3.05, 3.63) is 33.8 Å². The maximum absolute atomic E-state index is 10.7. The van der Waals surface area contributed by atoms with Crippen LogP contribution in [-0.2, 0) is 17.6 Å². The SMILES string of the molecule is O=C(O)CC1(O)CCc2cccc(Br)c2C1. The number of benzene rings is 1. The van der Waals surface area contributed by atoms with Crippen LogP contribution >= 0.6 is 15.9 Å². The number of carbonyl (C=O) groups is 1. The van der Waals surface area contributed by atoms with Crippen molar-refractivity contribution in [1.29, 1.82) is 0 Å². The molecule has 0 fully saturated rings. The average molecular weight is 285 g/mol. The second kappa shape index (κ2) is 4.18. The molecule has 0 spiro atoms. The predicted octanol–water partition coefficient (Wildman–Crippen LogP) is 2.14. The second-order valence-corrected chi connectivity index (χ2v) is 5.20. The summed E-state index contributed by atoms with van der Waals surface area (Å²) in [7, 11) is 0. The van der Waals surface area contributed by atoms with Gasteiger partial charge in [-0.25, -0.2) is 0 Å². The summed E-state index contributed by atoms with van der Waals surface area (Å²) in [5, 5.41) is 19.0. The summed E-state index contributed by atoms with van der Waals surface area (Å²) < 4.78 is 0.952. The third-order valence-electron chi connectivity index (χ3n) is 3.06. The molecule has 16 heavy (non-hydrogen) atoms. The minimum absolute atomic E-state index is 0.187. The predicted molar refractivity (Wildman–Crippen MR) is 63.4 cm³/mol. The number of carboxylic acid groups (broad SMARTS) is 1. The Kier molecular flexibility index (Phi) is 3.04. The van der Waals surface area contributed by atoms with E-state index in [1.54, 1.807) is 0 Å². The minimum Gasteiger partial charge on any atom is -0.481 e. The van der Waals surface area contributed by atoms with Gasteiger partial charge in [0.2, 0.25) is 0 Å². The molecule has 0 aromatic heterocycles. The summed E-state index contributed by atoms with van der Waals surface area (Å²) >= 11 is 3.44. The summed E-state index contributed by atoms with van der Waals surface area (Å²) in [6.07, 6.45) is 1.48. The minimum atomic E-state index is -1.09. The third-order valence-corrected chi connectivity index (χ3v) is 3.80. The lowest BCUT2D eigenvalue weighted by Gasteiger charge is -2.32. The fraction of sp³-hybridized carbons (Fsp3) is 0.417. The highest BCUT2D eigenvalue weighted by atomic mass is 79.9. The van der Waals surface area contributed by atoms with Crippen LogP contribution < -0.4 is 0 Å². The van der Waals surface area contributed by atoms with Crippen molar-refractivity contribution in [3.63, 3.8) is 0 Å². The molecule has 3 nitrogen and oxygen atoms in total. The Morgan fingerprint density at radius 3 is 2.94 bits per heavy atom. The Bertz CT molecular complexity index is 430. The van der Waals surface area contributed by atoms with Gasteiger partial charge in [-0.05, 0) is 30.0 Å². The average Bonchev–Trinajstić information content (AvgIpc) is 2.18. The zero-order valence-electron chi connectivity index (χ0n) is 8.74. The largest absolute Gasteiger partial charge is 0.481 e. The van der Waals surface area contributed by atoms with Crippen LogP contribution in [0.15, 0.2) is 22.7 Å². The molecule has 0 radical (unpaired) electrons. The summed E-state index contributed by atoms with van der Waals surface area (Å²) in [5.41, 5.74) is 1.14. The standard InChI is InChI=1S/C12H13BrO3/c13-10-3-1-2-8-4-5-12(16,6-9(8)10)7-11(14)15/h1-3,16H,4-7H2,(H,14,15). The van der Waals surface area contributed by atoms with Crippen molar-refractivity contribution >= 4 is 21.9 Å². The van der Waals surface area contributed by atoms with E-state index in [-0.39, 0.29) is 6.42 Å². The van der Waals surface area contributed by atoms with Gasteiger partial charge in [-0.1, -0.05) is 28.1 Å². The van der Waals surface area contributed by atoms with Gasteiger partial charge in [-0.15, -0.1) is 0 Å². The first-order chi connectivity index (χ1) is 7.50. The van der Waals surface area contributed by atoms with E-state index in [9.17, 15) is 9.90 Å². The first-order valence-corrected chi connectivity index (χ1v) is 6.00. The Morgan fingerprint density at radius 2 is 2.25 bits per heavy atom. The summed E-state index contributed by atoms with van der Waals surface area (Å²) in [6.45, 7) is 0. The van der Waals surface area contributed by atoms with Crippen LogP contribution in [0.2, 0.25) is 0 Å². The number of hydrogen-bond acceptors (Lipinski definition) is 2. The van der Waals surface area contributed by atoms with E-state index in [2.05, 4.69) is 15.9 Å². The van der Waals surface area contributed by atoms with E-state index in [4.69, 9.17) is 5.11 Å². The Hall–Kier alpha value is -0.870. The van der Waals surface area contributed by atoms with Crippen molar-refractivity contribution in [2.75, 3.05) is 0 Å². The van der Waals surface area contributed by atoms with Crippen LogP contribution in [-0.4, -0.2) is 21.8 Å². The van der Waals surface area contributed by atoms with Crippen molar-refractivity contribution in [2.24, 2.45) is 0 Å². The van der Waals surface area contributed by atoms with Gasteiger partial charge in [0.25, 0.3) is 0 Å². The molecule has 1 aliphatic carbocycles. The first-order valence-electron chi connectivity index (χ1n) is 5.21. The summed E-state index contributed by atoms with van der Waals surface area (Å²) in [5.74, 6) is -0.946. The number of rotatable bonds is 2. The molecule has 1 atom stereocenters. The van der Waals surface area contributed by atoms with Gasteiger partial charge in [0.1, 0.15) is 0 Å². The molecule has 0 aliphatic heterocycles. The quantitative estimate of drug-likeness (QED) is 0.875. The van der Waals surface area contributed by atoms with E-state index in [0.29, 0.717) is 12.8 Å². The number of fused-ring (bicyclic) bond motifs is 1. The van der Waals surface area contributed by atoms with E-state index in [1.165, 1.54) is 5.56 Å². The van der Waals surface area contributed by atoms with Crippen molar-refractivity contribution in [2.45, 2.75) is 31.3 Å². The zero-order chi connectivity index (χ0) is 11.8. The molecule has 2 N–H and O–H groups in total. The molecule has 2 rings (SSSR count). The van der Waals surface area contributed by atoms with E-state index < -0.39 is 11.6 Å². The van der Waals surface area contributed by atoms with Gasteiger partial charge in [-0.2, -0.15) is 0 Å². The molecule has 1 aliphatic rings. The molecule has 4 heteroatoms. The lowest BCUT2D eigenvalue weighted by atomic mass is 9.79. The lowest BCUT2D eigenvalue weighted by Crippen LogP contribution is -2.38. The molecule has 0 amide bonds.